The number of carbonyl (C=O) groups is 2. The van der Waals surface area contributed by atoms with Crippen molar-refractivity contribution < 1.29 is 9.59 Å². The van der Waals surface area contributed by atoms with Crippen LogP contribution in [0.1, 0.15) is 49.1 Å². The zero-order valence-corrected chi connectivity index (χ0v) is 17.9. The number of benzene rings is 2. The van der Waals surface area contributed by atoms with Crippen LogP contribution in [0.4, 0.5) is 5.69 Å². The van der Waals surface area contributed by atoms with Crippen molar-refractivity contribution in [3.05, 3.63) is 75.3 Å². The zero-order chi connectivity index (χ0) is 20.9. The van der Waals surface area contributed by atoms with Crippen molar-refractivity contribution in [1.29, 1.82) is 0 Å². The Bertz CT molecular complexity index is 1080. The van der Waals surface area contributed by atoms with Crippen molar-refractivity contribution >= 4 is 40.7 Å². The lowest BCUT2D eigenvalue weighted by Gasteiger charge is -2.47. The molecule has 3 aliphatic rings. The summed E-state index contributed by atoms with van der Waals surface area (Å²) in [6.07, 6.45) is 6.47. The van der Waals surface area contributed by atoms with Crippen LogP contribution in [0.2, 0.25) is 10.0 Å². The van der Waals surface area contributed by atoms with Crippen LogP contribution in [0.5, 0.6) is 0 Å². The van der Waals surface area contributed by atoms with Crippen LogP contribution >= 0.6 is 23.2 Å². The van der Waals surface area contributed by atoms with E-state index in [4.69, 9.17) is 23.2 Å². The topological polar surface area (TPSA) is 58.2 Å². The second-order valence-corrected chi connectivity index (χ2v) is 9.22. The summed E-state index contributed by atoms with van der Waals surface area (Å²) in [7, 11) is 0. The number of rotatable bonds is 2. The smallest absolute Gasteiger partial charge is 0.238 e. The molecule has 1 saturated heterocycles. The summed E-state index contributed by atoms with van der Waals surface area (Å²) in [4.78, 5) is 26.7. The van der Waals surface area contributed by atoms with E-state index in [9.17, 15) is 9.59 Å². The maximum atomic E-state index is 13.8. The minimum atomic E-state index is -0.943. The molecule has 0 unspecified atom stereocenters. The largest absolute Gasteiger partial charge is 0.348 e. The summed E-state index contributed by atoms with van der Waals surface area (Å²) >= 11 is 12.5. The number of amides is 2. The Labute approximate surface area is 185 Å². The predicted octanol–water partition coefficient (Wildman–Crippen LogP) is 5.36. The lowest BCUT2D eigenvalue weighted by Crippen LogP contribution is -2.62. The number of hydrogen-bond donors (Lipinski definition) is 2. The highest BCUT2D eigenvalue weighted by Crippen LogP contribution is 2.55. The highest BCUT2D eigenvalue weighted by Gasteiger charge is 2.61. The molecule has 0 saturated carbocycles. The predicted molar refractivity (Wildman–Crippen MR) is 119 cm³/mol. The van der Waals surface area contributed by atoms with Gasteiger partial charge >= 0.3 is 0 Å². The molecule has 2 aliphatic heterocycles. The highest BCUT2D eigenvalue weighted by molar-refractivity contribution is 6.31. The van der Waals surface area contributed by atoms with Crippen molar-refractivity contribution in [2.45, 2.75) is 49.5 Å². The lowest BCUT2D eigenvalue weighted by molar-refractivity contribution is -0.130. The number of nitrogens with one attached hydrogen (secondary N) is 2. The van der Waals surface area contributed by atoms with Crippen LogP contribution in [-0.2, 0) is 15.0 Å². The summed E-state index contributed by atoms with van der Waals surface area (Å²) in [5.41, 5.74) is 2.70. The fourth-order valence-electron chi connectivity index (χ4n) is 5.46. The average Bonchev–Trinajstić information content (AvgIpc) is 3.01. The van der Waals surface area contributed by atoms with Crippen molar-refractivity contribution in [3.8, 4) is 0 Å². The maximum absolute atomic E-state index is 13.8. The van der Waals surface area contributed by atoms with E-state index in [1.165, 1.54) is 0 Å². The molecular weight excluding hydrogens is 419 g/mol. The number of halogens is 2. The molecule has 0 bridgehead atoms. The Kier molecular flexibility index (Phi) is 4.87. The van der Waals surface area contributed by atoms with Gasteiger partial charge in [-0.15, -0.1) is 0 Å². The summed E-state index contributed by atoms with van der Waals surface area (Å²) in [5.74, 6) is -0.473. The van der Waals surface area contributed by atoms with Crippen molar-refractivity contribution in [3.63, 3.8) is 0 Å². The quantitative estimate of drug-likeness (QED) is 0.617. The van der Waals surface area contributed by atoms with E-state index in [2.05, 4.69) is 16.7 Å². The molecule has 6 heteroatoms. The Morgan fingerprint density at radius 2 is 1.83 bits per heavy atom. The molecule has 154 valence electrons. The summed E-state index contributed by atoms with van der Waals surface area (Å²) in [5, 5.41) is 7.41. The second kappa shape index (κ2) is 7.44. The van der Waals surface area contributed by atoms with Gasteiger partial charge in [0, 0.05) is 28.1 Å². The van der Waals surface area contributed by atoms with E-state index < -0.39 is 11.5 Å². The van der Waals surface area contributed by atoms with Crippen LogP contribution in [0.3, 0.4) is 0 Å². The average molecular weight is 441 g/mol. The summed E-state index contributed by atoms with van der Waals surface area (Å²) in [6, 6.07) is 12.7. The van der Waals surface area contributed by atoms with E-state index in [0.717, 1.165) is 48.1 Å². The second-order valence-electron chi connectivity index (χ2n) is 8.35. The SMILES string of the molecule is O=C1C[C@@H](c2cccc(Cl)c2)[C@]2(C(=O)Nc3cc(Cl)ccc32)[C@@H](C2=CCCCC2)N1. The fraction of sp³-hybridized carbons (Fsp3) is 0.333. The fourth-order valence-corrected chi connectivity index (χ4v) is 5.83. The third-order valence-corrected chi connectivity index (χ3v) is 7.17. The van der Waals surface area contributed by atoms with Gasteiger partial charge in [-0.3, -0.25) is 9.59 Å². The molecule has 0 aromatic heterocycles. The maximum Gasteiger partial charge on any atom is 0.238 e. The van der Waals surface area contributed by atoms with Crippen LogP contribution in [0, 0.1) is 0 Å². The molecule has 3 atom stereocenters. The first-order chi connectivity index (χ1) is 14.5. The summed E-state index contributed by atoms with van der Waals surface area (Å²) < 4.78 is 0. The van der Waals surface area contributed by atoms with Gasteiger partial charge in [0.1, 0.15) is 5.41 Å². The lowest BCUT2D eigenvalue weighted by atomic mass is 9.58. The molecule has 2 aromatic rings. The molecule has 2 N–H and O–H groups in total. The molecule has 2 heterocycles. The minimum Gasteiger partial charge on any atom is -0.348 e. The first kappa shape index (κ1) is 19.7. The van der Waals surface area contributed by atoms with Crippen LogP contribution in [0.15, 0.2) is 54.1 Å². The first-order valence-electron chi connectivity index (χ1n) is 10.4. The Morgan fingerprint density at radius 3 is 2.60 bits per heavy atom. The molecule has 0 radical (unpaired) electrons. The molecule has 1 aliphatic carbocycles. The monoisotopic (exact) mass is 440 g/mol. The third-order valence-electron chi connectivity index (χ3n) is 6.70. The third kappa shape index (κ3) is 2.97. The van der Waals surface area contributed by atoms with Gasteiger partial charge in [0.05, 0.1) is 6.04 Å². The van der Waals surface area contributed by atoms with Gasteiger partial charge in [-0.1, -0.05) is 53.1 Å². The van der Waals surface area contributed by atoms with E-state index in [1.54, 1.807) is 6.07 Å². The van der Waals surface area contributed by atoms with Crippen molar-refractivity contribution in [1.82, 2.24) is 5.32 Å². The molecule has 2 amide bonds. The molecular formula is C24H22Cl2N2O2. The Hall–Kier alpha value is -2.30. The summed E-state index contributed by atoms with van der Waals surface area (Å²) in [6.45, 7) is 0. The molecule has 5 rings (SSSR count). The number of carbonyl (C=O) groups excluding carboxylic acids is 2. The van der Waals surface area contributed by atoms with Gasteiger partial charge in [-0.2, -0.15) is 0 Å². The van der Waals surface area contributed by atoms with Gasteiger partial charge < -0.3 is 10.6 Å². The Balaban J connectivity index is 1.77. The highest BCUT2D eigenvalue weighted by atomic mass is 35.5. The molecule has 2 aromatic carbocycles. The van der Waals surface area contributed by atoms with Crippen LogP contribution in [-0.4, -0.2) is 17.9 Å². The standard InChI is InChI=1S/C24H22Cl2N2O2/c25-16-8-4-7-15(11-16)19-13-21(29)28-22(14-5-2-1-3-6-14)24(19)18-10-9-17(26)12-20(18)27-23(24)30/h4-5,7-12,19,22H,1-3,6,13H2,(H,27,30)(H,28,29)/t19-,22+,24-/m0/s1. The van der Waals surface area contributed by atoms with E-state index >= 15 is 0 Å². The molecule has 30 heavy (non-hydrogen) atoms. The van der Waals surface area contributed by atoms with Crippen LogP contribution in [0.25, 0.3) is 0 Å². The number of piperidine rings is 1. The first-order valence-corrected chi connectivity index (χ1v) is 11.1. The van der Waals surface area contributed by atoms with Gasteiger partial charge in [0.15, 0.2) is 0 Å². The van der Waals surface area contributed by atoms with Gasteiger partial charge in [-0.05, 0) is 61.1 Å². The van der Waals surface area contributed by atoms with Crippen molar-refractivity contribution in [2.75, 3.05) is 5.32 Å². The van der Waals surface area contributed by atoms with Crippen molar-refractivity contribution in [2.24, 2.45) is 0 Å². The van der Waals surface area contributed by atoms with E-state index in [-0.39, 0.29) is 24.2 Å². The van der Waals surface area contributed by atoms with E-state index in [0.29, 0.717) is 10.0 Å². The number of fused-ring (bicyclic) bond motifs is 2. The molecule has 4 nitrogen and oxygen atoms in total. The van der Waals surface area contributed by atoms with Gasteiger partial charge in [0.25, 0.3) is 0 Å². The molecule has 1 spiro atoms. The Morgan fingerprint density at radius 1 is 1.00 bits per heavy atom. The van der Waals surface area contributed by atoms with Crippen LogP contribution < -0.4 is 10.6 Å². The zero-order valence-electron chi connectivity index (χ0n) is 16.4. The number of hydrogen-bond acceptors (Lipinski definition) is 2. The number of allylic oxidation sites excluding steroid dienone is 1. The van der Waals surface area contributed by atoms with Gasteiger partial charge in [0.2, 0.25) is 11.8 Å². The van der Waals surface area contributed by atoms with E-state index in [1.807, 2.05) is 36.4 Å². The number of anilines is 1. The molecule has 1 fully saturated rings. The normalized spacial score (nSPS) is 28.0. The minimum absolute atomic E-state index is 0.0442. The van der Waals surface area contributed by atoms with Gasteiger partial charge in [-0.25, -0.2) is 0 Å².